The number of nitrogens with one attached hydrogen (secondary N) is 2. The van der Waals surface area contributed by atoms with Gasteiger partial charge in [-0.2, -0.15) is 0 Å². The van der Waals surface area contributed by atoms with Crippen molar-refractivity contribution in [1.29, 1.82) is 0 Å². The summed E-state index contributed by atoms with van der Waals surface area (Å²) in [5.74, 6) is -1.85. The van der Waals surface area contributed by atoms with Crippen molar-refractivity contribution in [3.05, 3.63) is 53.2 Å². The van der Waals surface area contributed by atoms with Crippen LogP contribution in [0.4, 0.5) is 15.8 Å². The van der Waals surface area contributed by atoms with Gasteiger partial charge in [-0.15, -0.1) is 0 Å². The van der Waals surface area contributed by atoms with E-state index in [0.29, 0.717) is 17.3 Å². The minimum absolute atomic E-state index is 0.0863. The quantitative estimate of drug-likeness (QED) is 0.311. The number of hydrogen-bond donors (Lipinski definition) is 4. The molecule has 2 heterocycles. The SMILES string of the molecule is CC.Cc1ccc(Nc2c(C(=O)NOCCCO)n(C)c3c(C(N)=O)cncc23)c(F)c1. The highest BCUT2D eigenvalue weighted by Gasteiger charge is 2.25. The first-order chi connectivity index (χ1) is 15.3. The molecule has 172 valence electrons. The molecule has 0 aliphatic heterocycles. The van der Waals surface area contributed by atoms with Gasteiger partial charge in [0.1, 0.15) is 11.5 Å². The number of aryl methyl sites for hydroxylation is 2. The fourth-order valence-corrected chi connectivity index (χ4v) is 3.14. The van der Waals surface area contributed by atoms with E-state index in [1.54, 1.807) is 26.1 Å². The Morgan fingerprint density at radius 3 is 2.62 bits per heavy atom. The molecule has 32 heavy (non-hydrogen) atoms. The van der Waals surface area contributed by atoms with Crippen LogP contribution in [0.25, 0.3) is 10.9 Å². The number of aliphatic hydroxyl groups is 1. The van der Waals surface area contributed by atoms with Crippen LogP contribution in [-0.2, 0) is 11.9 Å². The zero-order valence-corrected chi connectivity index (χ0v) is 18.5. The van der Waals surface area contributed by atoms with Crippen LogP contribution < -0.4 is 16.5 Å². The number of rotatable bonds is 8. The Morgan fingerprint density at radius 1 is 1.28 bits per heavy atom. The van der Waals surface area contributed by atoms with Gasteiger partial charge in [0, 0.05) is 31.4 Å². The lowest BCUT2D eigenvalue weighted by Crippen LogP contribution is -2.27. The number of nitrogens with two attached hydrogens (primary N) is 1. The maximum absolute atomic E-state index is 14.5. The Morgan fingerprint density at radius 2 is 2.00 bits per heavy atom. The van der Waals surface area contributed by atoms with E-state index in [1.165, 1.54) is 23.0 Å². The van der Waals surface area contributed by atoms with E-state index in [4.69, 9.17) is 15.7 Å². The van der Waals surface area contributed by atoms with Gasteiger partial charge >= 0.3 is 0 Å². The van der Waals surface area contributed by atoms with Crippen molar-refractivity contribution in [1.82, 2.24) is 15.0 Å². The summed E-state index contributed by atoms with van der Waals surface area (Å²) in [5, 5.41) is 12.2. The van der Waals surface area contributed by atoms with Gasteiger partial charge in [0.2, 0.25) is 0 Å². The maximum atomic E-state index is 14.5. The molecule has 0 spiro atoms. The van der Waals surface area contributed by atoms with E-state index >= 15 is 0 Å². The Balaban J connectivity index is 0.00000176. The molecule has 0 fully saturated rings. The van der Waals surface area contributed by atoms with Gasteiger partial charge < -0.3 is 20.7 Å². The van der Waals surface area contributed by atoms with Crippen molar-refractivity contribution >= 4 is 34.1 Å². The van der Waals surface area contributed by atoms with Crippen molar-refractivity contribution in [2.24, 2.45) is 12.8 Å². The van der Waals surface area contributed by atoms with Gasteiger partial charge in [-0.3, -0.25) is 19.4 Å². The summed E-state index contributed by atoms with van der Waals surface area (Å²) in [5.41, 5.74) is 9.46. The highest BCUT2D eigenvalue weighted by atomic mass is 19.1. The zero-order chi connectivity index (χ0) is 23.8. The third kappa shape index (κ3) is 5.21. The van der Waals surface area contributed by atoms with Crippen molar-refractivity contribution in [3.8, 4) is 0 Å². The second-order valence-corrected chi connectivity index (χ2v) is 6.70. The molecule has 10 heteroatoms. The molecule has 0 unspecified atom stereocenters. The molecule has 9 nitrogen and oxygen atoms in total. The van der Waals surface area contributed by atoms with Crippen LogP contribution in [0.1, 0.15) is 46.7 Å². The molecular formula is C22H28FN5O4. The number of hydroxylamine groups is 1. The van der Waals surface area contributed by atoms with Gasteiger partial charge in [0.25, 0.3) is 11.8 Å². The highest BCUT2D eigenvalue weighted by molar-refractivity contribution is 6.14. The number of carbonyl (C=O) groups excluding carboxylic acids is 2. The molecule has 0 bridgehead atoms. The molecule has 0 saturated carbocycles. The van der Waals surface area contributed by atoms with Crippen molar-refractivity contribution in [2.75, 3.05) is 18.5 Å². The molecular weight excluding hydrogens is 417 g/mol. The lowest BCUT2D eigenvalue weighted by Gasteiger charge is -2.12. The van der Waals surface area contributed by atoms with Crippen LogP contribution in [0.3, 0.4) is 0 Å². The number of fused-ring (bicyclic) bond motifs is 1. The second kappa shape index (κ2) is 11.2. The summed E-state index contributed by atoms with van der Waals surface area (Å²) < 4.78 is 15.9. The fraction of sp³-hybridized carbons (Fsp3) is 0.318. The summed E-state index contributed by atoms with van der Waals surface area (Å²) in [7, 11) is 1.58. The number of nitrogens with zero attached hydrogens (tertiary/aromatic N) is 2. The summed E-state index contributed by atoms with van der Waals surface area (Å²) in [6.45, 7) is 5.78. The summed E-state index contributed by atoms with van der Waals surface area (Å²) in [6.07, 6.45) is 3.10. The summed E-state index contributed by atoms with van der Waals surface area (Å²) in [6, 6.07) is 4.63. The summed E-state index contributed by atoms with van der Waals surface area (Å²) in [4.78, 5) is 33.8. The molecule has 0 aliphatic carbocycles. The first-order valence-corrected chi connectivity index (χ1v) is 10.2. The molecule has 1 aromatic carbocycles. The van der Waals surface area contributed by atoms with Crippen LogP contribution in [-0.4, -0.2) is 39.7 Å². The predicted molar refractivity (Wildman–Crippen MR) is 120 cm³/mol. The van der Waals surface area contributed by atoms with E-state index in [0.717, 1.165) is 5.56 Å². The first-order valence-electron chi connectivity index (χ1n) is 10.2. The van der Waals surface area contributed by atoms with E-state index < -0.39 is 17.6 Å². The molecule has 5 N–H and O–H groups in total. The van der Waals surface area contributed by atoms with Gasteiger partial charge in [0.15, 0.2) is 0 Å². The number of hydrogen-bond acceptors (Lipinski definition) is 6. The van der Waals surface area contributed by atoms with Crippen LogP contribution in [0.2, 0.25) is 0 Å². The van der Waals surface area contributed by atoms with Gasteiger partial charge in [-0.05, 0) is 31.0 Å². The van der Waals surface area contributed by atoms with Crippen LogP contribution in [0.15, 0.2) is 30.6 Å². The Labute approximate surface area is 185 Å². The molecule has 0 aliphatic rings. The minimum Gasteiger partial charge on any atom is -0.396 e. The Hall–Kier alpha value is -3.50. The molecule has 2 amide bonds. The number of amides is 2. The average Bonchev–Trinajstić information content (AvgIpc) is 3.06. The van der Waals surface area contributed by atoms with E-state index in [-0.39, 0.29) is 35.8 Å². The van der Waals surface area contributed by atoms with Crippen molar-refractivity contribution in [2.45, 2.75) is 27.2 Å². The topological polar surface area (TPSA) is 132 Å². The van der Waals surface area contributed by atoms with Gasteiger partial charge in [-0.25, -0.2) is 9.87 Å². The van der Waals surface area contributed by atoms with E-state index in [9.17, 15) is 14.0 Å². The molecule has 0 saturated heterocycles. The minimum atomic E-state index is -0.715. The smallest absolute Gasteiger partial charge is 0.293 e. The zero-order valence-electron chi connectivity index (χ0n) is 18.5. The lowest BCUT2D eigenvalue weighted by atomic mass is 10.1. The number of aliphatic hydroxyl groups excluding tert-OH is 1. The number of primary amides is 1. The predicted octanol–water partition coefficient (Wildman–Crippen LogP) is 2.93. The number of carbonyl (C=O) groups is 2. The van der Waals surface area contributed by atoms with Crippen LogP contribution in [0, 0.1) is 12.7 Å². The number of anilines is 2. The monoisotopic (exact) mass is 445 g/mol. The van der Waals surface area contributed by atoms with Crippen LogP contribution >= 0.6 is 0 Å². The first kappa shape index (κ1) is 24.8. The van der Waals surface area contributed by atoms with Crippen molar-refractivity contribution in [3.63, 3.8) is 0 Å². The fourth-order valence-electron chi connectivity index (χ4n) is 3.14. The lowest BCUT2D eigenvalue weighted by molar-refractivity contribution is 0.0256. The molecule has 2 aromatic heterocycles. The second-order valence-electron chi connectivity index (χ2n) is 6.70. The van der Waals surface area contributed by atoms with Gasteiger partial charge in [-0.1, -0.05) is 19.9 Å². The van der Waals surface area contributed by atoms with E-state index in [1.807, 2.05) is 13.8 Å². The molecule has 0 atom stereocenters. The molecule has 3 aromatic rings. The number of aromatic nitrogens is 2. The van der Waals surface area contributed by atoms with Gasteiger partial charge in [0.05, 0.1) is 29.1 Å². The third-order valence-corrected chi connectivity index (χ3v) is 4.53. The third-order valence-electron chi connectivity index (χ3n) is 4.53. The molecule has 0 radical (unpaired) electrons. The highest BCUT2D eigenvalue weighted by Crippen LogP contribution is 2.34. The summed E-state index contributed by atoms with van der Waals surface area (Å²) >= 11 is 0. The Bertz CT molecular complexity index is 1110. The number of pyridine rings is 1. The standard InChI is InChI=1S/C20H22FN5O4.C2H6/c1-11-4-5-15(14(21)8-11)24-16-12-9-23-10-13(19(22)28)17(12)26(2)18(16)20(29)25-30-7-3-6-27;1-2/h4-5,8-10,24,27H,3,6-7H2,1-2H3,(H2,22,28)(H,25,29);1-2H3. The number of benzene rings is 1. The normalized spacial score (nSPS) is 10.4. The van der Waals surface area contributed by atoms with Crippen molar-refractivity contribution < 1.29 is 23.9 Å². The average molecular weight is 445 g/mol. The number of halogens is 1. The molecule has 3 rings (SSSR count). The van der Waals surface area contributed by atoms with Crippen LogP contribution in [0.5, 0.6) is 0 Å². The Kier molecular flexibility index (Phi) is 8.68. The largest absolute Gasteiger partial charge is 0.396 e. The van der Waals surface area contributed by atoms with E-state index in [2.05, 4.69) is 15.8 Å². The maximum Gasteiger partial charge on any atom is 0.293 e.